The summed E-state index contributed by atoms with van der Waals surface area (Å²) in [5, 5.41) is 6.84. The lowest BCUT2D eigenvalue weighted by Gasteiger charge is -2.26. The molecule has 0 aromatic rings. The highest BCUT2D eigenvalue weighted by molar-refractivity contribution is 14.0. The normalized spacial score (nSPS) is 20.3. The molecule has 2 aliphatic heterocycles. The second-order valence-electron chi connectivity index (χ2n) is 7.10. The molecule has 2 heterocycles. The molecular weight excluding hydrogens is 441 g/mol. The molecule has 0 aromatic carbocycles. The van der Waals surface area contributed by atoms with E-state index in [0.29, 0.717) is 0 Å². The van der Waals surface area contributed by atoms with Crippen LogP contribution in [0.3, 0.4) is 0 Å². The molecule has 154 valence electrons. The quantitative estimate of drug-likeness (QED) is 0.229. The first-order valence-corrected chi connectivity index (χ1v) is 10.4. The molecule has 26 heavy (non-hydrogen) atoms. The van der Waals surface area contributed by atoms with Crippen molar-refractivity contribution in [2.75, 3.05) is 72.1 Å². The molecule has 0 saturated carbocycles. The van der Waals surface area contributed by atoms with Crippen LogP contribution in [0.25, 0.3) is 0 Å². The van der Waals surface area contributed by atoms with Gasteiger partial charge in [0.2, 0.25) is 0 Å². The van der Waals surface area contributed by atoms with Gasteiger partial charge < -0.3 is 20.3 Å². The molecule has 0 spiro atoms. The lowest BCUT2D eigenvalue weighted by molar-refractivity contribution is 0.0376. The van der Waals surface area contributed by atoms with Crippen LogP contribution in [0.1, 0.15) is 45.4 Å². The molecule has 0 atom stereocenters. The maximum atomic E-state index is 5.39. The molecule has 2 N–H and O–H groups in total. The van der Waals surface area contributed by atoms with Gasteiger partial charge in [0.15, 0.2) is 5.96 Å². The number of hydrogen-bond acceptors (Lipinski definition) is 4. The zero-order valence-corrected chi connectivity index (χ0v) is 19.0. The van der Waals surface area contributed by atoms with E-state index in [1.54, 1.807) is 0 Å². The Hall–Kier alpha value is -0.120. The third-order valence-electron chi connectivity index (χ3n) is 4.99. The predicted molar refractivity (Wildman–Crippen MR) is 121 cm³/mol. The van der Waals surface area contributed by atoms with Crippen molar-refractivity contribution < 1.29 is 4.74 Å². The number of guanidine groups is 1. The van der Waals surface area contributed by atoms with Crippen LogP contribution < -0.4 is 10.6 Å². The molecule has 0 aliphatic carbocycles. The molecule has 0 radical (unpaired) electrons. The summed E-state index contributed by atoms with van der Waals surface area (Å²) >= 11 is 0. The SMILES string of the molecule is CCNC(=NCCCN1CCCCCC1)NCCCN1CCOCC1.I. The topological polar surface area (TPSA) is 52.1 Å². The van der Waals surface area contributed by atoms with E-state index >= 15 is 0 Å². The van der Waals surface area contributed by atoms with Gasteiger partial charge in [0.25, 0.3) is 0 Å². The highest BCUT2D eigenvalue weighted by Crippen LogP contribution is 2.09. The van der Waals surface area contributed by atoms with Gasteiger partial charge in [-0.2, -0.15) is 0 Å². The molecule has 2 rings (SSSR count). The Labute approximate surface area is 177 Å². The van der Waals surface area contributed by atoms with Crippen LogP contribution >= 0.6 is 24.0 Å². The molecule has 7 heteroatoms. The molecule has 2 aliphatic rings. The van der Waals surface area contributed by atoms with Crippen LogP contribution in [0.4, 0.5) is 0 Å². The van der Waals surface area contributed by atoms with Crippen LogP contribution in [0.15, 0.2) is 4.99 Å². The molecule has 2 saturated heterocycles. The van der Waals surface area contributed by atoms with Crippen molar-refractivity contribution >= 4 is 29.9 Å². The van der Waals surface area contributed by atoms with E-state index in [2.05, 4.69) is 27.4 Å². The highest BCUT2D eigenvalue weighted by atomic mass is 127. The average Bonchev–Trinajstić information content (AvgIpc) is 2.92. The number of likely N-dealkylation sites (tertiary alicyclic amines) is 1. The lowest BCUT2D eigenvalue weighted by Crippen LogP contribution is -2.40. The van der Waals surface area contributed by atoms with Gasteiger partial charge in [0, 0.05) is 32.7 Å². The number of morpholine rings is 1. The summed E-state index contributed by atoms with van der Waals surface area (Å²) in [6.07, 6.45) is 7.87. The van der Waals surface area contributed by atoms with E-state index in [9.17, 15) is 0 Å². The lowest BCUT2D eigenvalue weighted by atomic mass is 10.2. The summed E-state index contributed by atoms with van der Waals surface area (Å²) in [6.45, 7) is 13.8. The van der Waals surface area contributed by atoms with Gasteiger partial charge in [-0.05, 0) is 58.8 Å². The van der Waals surface area contributed by atoms with Gasteiger partial charge in [0.05, 0.1) is 13.2 Å². The van der Waals surface area contributed by atoms with Crippen LogP contribution in [-0.4, -0.2) is 87.9 Å². The summed E-state index contributed by atoms with van der Waals surface area (Å²) in [7, 11) is 0. The first kappa shape index (κ1) is 23.9. The largest absolute Gasteiger partial charge is 0.379 e. The third-order valence-corrected chi connectivity index (χ3v) is 4.99. The molecular formula is C19H40IN5O. The van der Waals surface area contributed by atoms with E-state index < -0.39 is 0 Å². The first-order chi connectivity index (χ1) is 12.4. The Kier molecular flexibility index (Phi) is 14.6. The van der Waals surface area contributed by atoms with Crippen molar-refractivity contribution in [2.45, 2.75) is 45.4 Å². The number of aliphatic imine (C=N–C) groups is 1. The Balaban J connectivity index is 0.00000338. The molecule has 0 amide bonds. The van der Waals surface area contributed by atoms with E-state index in [1.165, 1.54) is 45.3 Å². The minimum absolute atomic E-state index is 0. The zero-order chi connectivity index (χ0) is 17.6. The zero-order valence-electron chi connectivity index (χ0n) is 16.7. The summed E-state index contributed by atoms with van der Waals surface area (Å²) in [5.74, 6) is 0.973. The van der Waals surface area contributed by atoms with E-state index in [-0.39, 0.29) is 24.0 Å². The monoisotopic (exact) mass is 481 g/mol. The molecule has 0 unspecified atom stereocenters. The van der Waals surface area contributed by atoms with Crippen LogP contribution in [-0.2, 0) is 4.74 Å². The molecule has 2 fully saturated rings. The van der Waals surface area contributed by atoms with Crippen LogP contribution in [0, 0.1) is 0 Å². The number of nitrogens with zero attached hydrogens (tertiary/aromatic N) is 3. The maximum absolute atomic E-state index is 5.39. The number of hydrogen-bond donors (Lipinski definition) is 2. The highest BCUT2D eigenvalue weighted by Gasteiger charge is 2.10. The number of nitrogens with one attached hydrogen (secondary N) is 2. The Bertz CT molecular complexity index is 356. The van der Waals surface area contributed by atoms with Gasteiger partial charge in [-0.25, -0.2) is 0 Å². The van der Waals surface area contributed by atoms with E-state index in [1.807, 2.05) is 0 Å². The summed E-state index contributed by atoms with van der Waals surface area (Å²) in [6, 6.07) is 0. The van der Waals surface area contributed by atoms with Gasteiger partial charge in [-0.1, -0.05) is 12.8 Å². The van der Waals surface area contributed by atoms with E-state index in [0.717, 1.165) is 71.3 Å². The molecule has 6 nitrogen and oxygen atoms in total. The number of ether oxygens (including phenoxy) is 1. The maximum Gasteiger partial charge on any atom is 0.191 e. The van der Waals surface area contributed by atoms with Gasteiger partial charge in [-0.15, -0.1) is 24.0 Å². The minimum Gasteiger partial charge on any atom is -0.379 e. The minimum atomic E-state index is 0. The smallest absolute Gasteiger partial charge is 0.191 e. The Morgan fingerprint density at radius 1 is 0.885 bits per heavy atom. The van der Waals surface area contributed by atoms with Gasteiger partial charge >= 0.3 is 0 Å². The van der Waals surface area contributed by atoms with Crippen molar-refractivity contribution in [3.8, 4) is 0 Å². The molecule has 0 bridgehead atoms. The van der Waals surface area contributed by atoms with E-state index in [4.69, 9.17) is 9.73 Å². The van der Waals surface area contributed by atoms with Crippen molar-refractivity contribution in [2.24, 2.45) is 4.99 Å². The van der Waals surface area contributed by atoms with Crippen molar-refractivity contribution in [1.82, 2.24) is 20.4 Å². The van der Waals surface area contributed by atoms with Crippen LogP contribution in [0.5, 0.6) is 0 Å². The second kappa shape index (κ2) is 15.9. The summed E-state index contributed by atoms with van der Waals surface area (Å²) in [4.78, 5) is 9.84. The van der Waals surface area contributed by atoms with Gasteiger partial charge in [-0.3, -0.25) is 9.89 Å². The third kappa shape index (κ3) is 10.9. The van der Waals surface area contributed by atoms with Crippen molar-refractivity contribution in [1.29, 1.82) is 0 Å². The first-order valence-electron chi connectivity index (χ1n) is 10.4. The van der Waals surface area contributed by atoms with Gasteiger partial charge in [0.1, 0.15) is 0 Å². The van der Waals surface area contributed by atoms with Crippen molar-refractivity contribution in [3.05, 3.63) is 0 Å². The summed E-state index contributed by atoms with van der Waals surface area (Å²) < 4.78 is 5.39. The molecule has 0 aromatic heterocycles. The number of rotatable bonds is 9. The van der Waals surface area contributed by atoms with Crippen LogP contribution in [0.2, 0.25) is 0 Å². The standard InChI is InChI=1S/C19H39N5O.HI/c1-2-20-19(22-10-8-14-24-15-17-25-18-16-24)21-9-7-13-23-11-5-3-4-6-12-23;/h2-18H2,1H3,(H2,20,21,22);1H. The Morgan fingerprint density at radius 3 is 2.23 bits per heavy atom. The van der Waals surface area contributed by atoms with Crippen molar-refractivity contribution in [3.63, 3.8) is 0 Å². The fourth-order valence-electron chi connectivity index (χ4n) is 3.52. The fraction of sp³-hybridized carbons (Fsp3) is 0.947. The average molecular weight is 481 g/mol. The summed E-state index contributed by atoms with van der Waals surface area (Å²) in [5.41, 5.74) is 0. The Morgan fingerprint density at radius 2 is 1.54 bits per heavy atom. The second-order valence-corrected chi connectivity index (χ2v) is 7.10. The number of halogens is 1. The predicted octanol–water partition coefficient (Wildman–Crippen LogP) is 2.15. The fourth-order valence-corrected chi connectivity index (χ4v) is 3.52.